The standard InChI is InChI=1S/C10H7ClN2O3/c11-10-12-7-3-5(14)1-2-6(7)8(13-10)4-9(15)16/h1-3,14H,4H2,(H,15,16). The molecule has 0 unspecified atom stereocenters. The molecule has 2 rings (SSSR count). The zero-order valence-corrected chi connectivity index (χ0v) is 8.77. The van der Waals surface area contributed by atoms with Gasteiger partial charge in [0.25, 0.3) is 0 Å². The quantitative estimate of drug-likeness (QED) is 0.777. The molecule has 0 saturated heterocycles. The van der Waals surface area contributed by atoms with Gasteiger partial charge in [-0.1, -0.05) is 0 Å². The highest BCUT2D eigenvalue weighted by atomic mass is 35.5. The molecule has 0 amide bonds. The molecule has 0 radical (unpaired) electrons. The number of nitrogens with zero attached hydrogens (tertiary/aromatic N) is 2. The summed E-state index contributed by atoms with van der Waals surface area (Å²) in [6, 6.07) is 4.43. The first-order chi connectivity index (χ1) is 7.56. The van der Waals surface area contributed by atoms with Crippen LogP contribution in [0.1, 0.15) is 5.69 Å². The van der Waals surface area contributed by atoms with Gasteiger partial charge in [-0.2, -0.15) is 0 Å². The second kappa shape index (κ2) is 3.94. The summed E-state index contributed by atoms with van der Waals surface area (Å²) < 4.78 is 0. The van der Waals surface area contributed by atoms with Gasteiger partial charge >= 0.3 is 5.97 Å². The number of phenolic OH excluding ortho intramolecular Hbond substituents is 1. The fourth-order valence-electron chi connectivity index (χ4n) is 1.43. The van der Waals surface area contributed by atoms with Crippen molar-refractivity contribution < 1.29 is 15.0 Å². The number of benzene rings is 1. The second-order valence-corrected chi connectivity index (χ2v) is 3.55. The Balaban J connectivity index is 2.67. The first kappa shape index (κ1) is 10.6. The fourth-order valence-corrected chi connectivity index (χ4v) is 1.62. The van der Waals surface area contributed by atoms with Crippen molar-refractivity contribution >= 4 is 28.5 Å². The van der Waals surface area contributed by atoms with E-state index in [2.05, 4.69) is 9.97 Å². The molecule has 16 heavy (non-hydrogen) atoms. The third-order valence-corrected chi connectivity index (χ3v) is 2.22. The number of hydrogen-bond donors (Lipinski definition) is 2. The van der Waals surface area contributed by atoms with Gasteiger partial charge in [-0.05, 0) is 23.7 Å². The van der Waals surface area contributed by atoms with Gasteiger partial charge in [0.2, 0.25) is 5.28 Å². The Morgan fingerprint density at radius 3 is 2.81 bits per heavy atom. The minimum absolute atomic E-state index is 0.0330. The predicted octanol–water partition coefficient (Wildman–Crippen LogP) is 1.62. The third-order valence-electron chi connectivity index (χ3n) is 2.05. The summed E-state index contributed by atoms with van der Waals surface area (Å²) in [6.07, 6.45) is -0.233. The molecular weight excluding hydrogens is 232 g/mol. The van der Waals surface area contributed by atoms with E-state index in [-0.39, 0.29) is 17.5 Å². The van der Waals surface area contributed by atoms with Crippen LogP contribution < -0.4 is 0 Å². The summed E-state index contributed by atoms with van der Waals surface area (Å²) in [5.41, 5.74) is 0.763. The average Bonchev–Trinajstić information content (AvgIpc) is 2.15. The van der Waals surface area contributed by atoms with Crippen LogP contribution in [0.2, 0.25) is 5.28 Å². The third kappa shape index (κ3) is 2.04. The Labute approximate surface area is 95.3 Å². The van der Waals surface area contributed by atoms with Crippen LogP contribution in [0.5, 0.6) is 5.75 Å². The van der Waals surface area contributed by atoms with Crippen LogP contribution >= 0.6 is 11.6 Å². The zero-order chi connectivity index (χ0) is 11.7. The van der Waals surface area contributed by atoms with Gasteiger partial charge in [0, 0.05) is 11.5 Å². The van der Waals surface area contributed by atoms with E-state index in [0.29, 0.717) is 16.6 Å². The number of carbonyl (C=O) groups is 1. The number of halogens is 1. The highest BCUT2D eigenvalue weighted by Gasteiger charge is 2.10. The van der Waals surface area contributed by atoms with Gasteiger partial charge in [0.15, 0.2) is 0 Å². The molecule has 0 saturated carbocycles. The number of carboxylic acid groups (broad SMARTS) is 1. The number of rotatable bonds is 2. The molecule has 1 aromatic heterocycles. The number of carboxylic acids is 1. The lowest BCUT2D eigenvalue weighted by Gasteiger charge is -2.04. The Bertz CT molecular complexity index is 566. The van der Waals surface area contributed by atoms with Crippen molar-refractivity contribution in [2.75, 3.05) is 0 Å². The SMILES string of the molecule is O=C(O)Cc1nc(Cl)nc2cc(O)ccc12. The van der Waals surface area contributed by atoms with E-state index in [1.54, 1.807) is 6.07 Å². The molecule has 6 heteroatoms. The molecule has 0 fully saturated rings. The van der Waals surface area contributed by atoms with Crippen LogP contribution in [0.15, 0.2) is 18.2 Å². The zero-order valence-electron chi connectivity index (χ0n) is 8.01. The van der Waals surface area contributed by atoms with Crippen molar-refractivity contribution in [3.05, 3.63) is 29.2 Å². The lowest BCUT2D eigenvalue weighted by atomic mass is 10.1. The summed E-state index contributed by atoms with van der Waals surface area (Å²) in [5, 5.41) is 18.5. The van der Waals surface area contributed by atoms with E-state index in [1.165, 1.54) is 12.1 Å². The summed E-state index contributed by atoms with van der Waals surface area (Å²) in [4.78, 5) is 18.4. The van der Waals surface area contributed by atoms with Crippen molar-refractivity contribution in [3.63, 3.8) is 0 Å². The second-order valence-electron chi connectivity index (χ2n) is 3.21. The number of aromatic hydroxyl groups is 1. The van der Waals surface area contributed by atoms with E-state index in [0.717, 1.165) is 0 Å². The number of hydrogen-bond acceptors (Lipinski definition) is 4. The fraction of sp³-hybridized carbons (Fsp3) is 0.100. The van der Waals surface area contributed by atoms with Crippen LogP contribution in [-0.2, 0) is 11.2 Å². The maximum atomic E-state index is 10.6. The van der Waals surface area contributed by atoms with Crippen molar-refractivity contribution in [2.45, 2.75) is 6.42 Å². The van der Waals surface area contributed by atoms with Gasteiger partial charge < -0.3 is 10.2 Å². The van der Waals surface area contributed by atoms with Gasteiger partial charge in [-0.15, -0.1) is 0 Å². The van der Waals surface area contributed by atoms with Gasteiger partial charge in [-0.25, -0.2) is 9.97 Å². The predicted molar refractivity (Wildman–Crippen MR) is 57.6 cm³/mol. The smallest absolute Gasteiger partial charge is 0.309 e. The van der Waals surface area contributed by atoms with E-state index in [1.807, 2.05) is 0 Å². The Morgan fingerprint density at radius 2 is 2.12 bits per heavy atom. The minimum Gasteiger partial charge on any atom is -0.508 e. The highest BCUT2D eigenvalue weighted by molar-refractivity contribution is 6.28. The van der Waals surface area contributed by atoms with Crippen LogP contribution in [0, 0.1) is 0 Å². The average molecular weight is 239 g/mol. The molecule has 2 aromatic rings. The lowest BCUT2D eigenvalue weighted by Crippen LogP contribution is -2.04. The van der Waals surface area contributed by atoms with Crippen molar-refractivity contribution in [1.82, 2.24) is 9.97 Å². The summed E-state index contributed by atoms with van der Waals surface area (Å²) in [6.45, 7) is 0. The first-order valence-electron chi connectivity index (χ1n) is 4.43. The molecular formula is C10H7ClN2O3. The van der Waals surface area contributed by atoms with Crippen molar-refractivity contribution in [2.24, 2.45) is 0 Å². The summed E-state index contributed by atoms with van der Waals surface area (Å²) in [7, 11) is 0. The van der Waals surface area contributed by atoms with Crippen LogP contribution in [0.4, 0.5) is 0 Å². The Kier molecular flexibility index (Phi) is 2.62. The molecule has 0 atom stereocenters. The lowest BCUT2D eigenvalue weighted by molar-refractivity contribution is -0.136. The van der Waals surface area contributed by atoms with Gasteiger partial charge in [0.05, 0.1) is 17.6 Å². The van der Waals surface area contributed by atoms with E-state index in [9.17, 15) is 9.90 Å². The largest absolute Gasteiger partial charge is 0.508 e. The van der Waals surface area contributed by atoms with Gasteiger partial charge in [0.1, 0.15) is 5.75 Å². The minimum atomic E-state index is -0.996. The normalized spacial score (nSPS) is 10.6. The summed E-state index contributed by atoms with van der Waals surface area (Å²) in [5.74, 6) is -0.951. The number of aliphatic carboxylic acids is 1. The van der Waals surface area contributed by atoms with E-state index < -0.39 is 5.97 Å². The van der Waals surface area contributed by atoms with Gasteiger partial charge in [-0.3, -0.25) is 4.79 Å². The Morgan fingerprint density at radius 1 is 1.38 bits per heavy atom. The summed E-state index contributed by atoms with van der Waals surface area (Å²) >= 11 is 5.66. The molecule has 1 aromatic carbocycles. The molecule has 0 aliphatic rings. The highest BCUT2D eigenvalue weighted by Crippen LogP contribution is 2.22. The monoisotopic (exact) mass is 238 g/mol. The van der Waals surface area contributed by atoms with Crippen molar-refractivity contribution in [1.29, 1.82) is 0 Å². The molecule has 0 spiro atoms. The van der Waals surface area contributed by atoms with E-state index >= 15 is 0 Å². The first-order valence-corrected chi connectivity index (χ1v) is 4.81. The molecule has 0 aliphatic carbocycles. The molecule has 0 bridgehead atoms. The van der Waals surface area contributed by atoms with Crippen LogP contribution in [-0.4, -0.2) is 26.2 Å². The Hall–Kier alpha value is -1.88. The number of aromatic nitrogens is 2. The maximum Gasteiger partial charge on any atom is 0.309 e. The maximum absolute atomic E-state index is 10.6. The number of fused-ring (bicyclic) bond motifs is 1. The molecule has 0 aliphatic heterocycles. The molecule has 5 nitrogen and oxygen atoms in total. The van der Waals surface area contributed by atoms with Crippen molar-refractivity contribution in [3.8, 4) is 5.75 Å². The van der Waals surface area contributed by atoms with Crippen LogP contribution in [0.3, 0.4) is 0 Å². The van der Waals surface area contributed by atoms with Crippen LogP contribution in [0.25, 0.3) is 10.9 Å². The topological polar surface area (TPSA) is 83.3 Å². The molecule has 82 valence electrons. The molecule has 1 heterocycles. The molecule has 2 N–H and O–H groups in total. The number of phenols is 1. The van der Waals surface area contributed by atoms with E-state index in [4.69, 9.17) is 16.7 Å².